The van der Waals surface area contributed by atoms with E-state index in [1.807, 2.05) is 24.3 Å². The molecule has 1 unspecified atom stereocenters. The topological polar surface area (TPSA) is 58.1 Å². The third-order valence-electron chi connectivity index (χ3n) is 5.33. The lowest BCUT2D eigenvalue weighted by molar-refractivity contribution is 0.0341. The number of nitrogens with zero attached hydrogens (tertiary/aromatic N) is 2. The van der Waals surface area contributed by atoms with Gasteiger partial charge in [0.05, 0.1) is 25.9 Å². The summed E-state index contributed by atoms with van der Waals surface area (Å²) in [6.07, 6.45) is -0.115. The average Bonchev–Trinajstić information content (AvgIpc) is 2.79. The van der Waals surface area contributed by atoms with Crippen LogP contribution in [0.1, 0.15) is 29.7 Å². The van der Waals surface area contributed by atoms with E-state index in [-0.39, 0.29) is 6.10 Å². The number of aliphatic imine (C=N–C) groups is 1. The molecule has 0 saturated carbocycles. The van der Waals surface area contributed by atoms with Gasteiger partial charge in [0.25, 0.3) is 0 Å². The van der Waals surface area contributed by atoms with Gasteiger partial charge in [0.1, 0.15) is 0 Å². The molecule has 31 heavy (non-hydrogen) atoms. The van der Waals surface area contributed by atoms with Crippen molar-refractivity contribution in [3.63, 3.8) is 0 Å². The fraction of sp³-hybridized carbons (Fsp3) is 0.458. The van der Waals surface area contributed by atoms with Crippen LogP contribution in [-0.4, -0.2) is 57.4 Å². The molecule has 2 N–H and O–H groups in total. The first kappa shape index (κ1) is 23.5. The zero-order valence-corrected chi connectivity index (χ0v) is 19.2. The van der Waals surface area contributed by atoms with Crippen molar-refractivity contribution >= 4 is 17.6 Å². The molecule has 0 bridgehead atoms. The first-order valence-electron chi connectivity index (χ1n) is 10.9. The number of guanidine groups is 1. The number of halogens is 1. The molecule has 3 rings (SSSR count). The Morgan fingerprint density at radius 2 is 1.90 bits per heavy atom. The van der Waals surface area contributed by atoms with Crippen molar-refractivity contribution < 1.29 is 9.47 Å². The second-order valence-electron chi connectivity index (χ2n) is 7.51. The van der Waals surface area contributed by atoms with Gasteiger partial charge in [-0.3, -0.25) is 4.90 Å². The number of ether oxygens (including phenoxy) is 2. The third kappa shape index (κ3) is 7.51. The fourth-order valence-electron chi connectivity index (χ4n) is 3.61. The lowest BCUT2D eigenvalue weighted by Gasteiger charge is -2.27. The van der Waals surface area contributed by atoms with Crippen molar-refractivity contribution in [2.24, 2.45) is 4.99 Å². The van der Waals surface area contributed by atoms with Crippen LogP contribution in [0.15, 0.2) is 53.5 Å². The fourth-order valence-corrected chi connectivity index (χ4v) is 3.80. The van der Waals surface area contributed by atoms with Gasteiger partial charge in [0, 0.05) is 44.9 Å². The zero-order valence-electron chi connectivity index (χ0n) is 18.4. The summed E-state index contributed by atoms with van der Waals surface area (Å²) in [7, 11) is 1.71. The molecule has 168 valence electrons. The molecule has 2 aromatic carbocycles. The average molecular weight is 445 g/mol. The van der Waals surface area contributed by atoms with Crippen molar-refractivity contribution in [2.75, 3.05) is 46.5 Å². The largest absolute Gasteiger partial charge is 0.379 e. The Hall–Kier alpha value is -2.12. The van der Waals surface area contributed by atoms with Crippen molar-refractivity contribution in [1.29, 1.82) is 0 Å². The SMILES string of the molecule is CCNC(=NCc1ccccc1CN1CCOCC1)NCC(OC)c1cccc(Cl)c1. The van der Waals surface area contributed by atoms with E-state index in [2.05, 4.69) is 46.7 Å². The summed E-state index contributed by atoms with van der Waals surface area (Å²) in [5.74, 6) is 0.771. The molecule has 1 saturated heterocycles. The normalized spacial score (nSPS) is 16.2. The summed E-state index contributed by atoms with van der Waals surface area (Å²) in [6.45, 7) is 8.56. The molecule has 7 heteroatoms. The molecule has 1 aliphatic heterocycles. The molecule has 1 aliphatic rings. The van der Waals surface area contributed by atoms with Gasteiger partial charge >= 0.3 is 0 Å². The van der Waals surface area contributed by atoms with Crippen molar-refractivity contribution in [2.45, 2.75) is 26.1 Å². The van der Waals surface area contributed by atoms with E-state index in [4.69, 9.17) is 26.1 Å². The first-order chi connectivity index (χ1) is 15.2. The number of hydrogen-bond acceptors (Lipinski definition) is 4. The quantitative estimate of drug-likeness (QED) is 0.457. The Balaban J connectivity index is 1.64. The summed E-state index contributed by atoms with van der Waals surface area (Å²) < 4.78 is 11.1. The van der Waals surface area contributed by atoms with Crippen molar-refractivity contribution in [3.05, 3.63) is 70.2 Å². The number of nitrogens with one attached hydrogen (secondary N) is 2. The maximum absolute atomic E-state index is 6.14. The summed E-state index contributed by atoms with van der Waals surface area (Å²) in [5.41, 5.74) is 3.59. The van der Waals surface area contributed by atoms with E-state index in [9.17, 15) is 0 Å². The minimum Gasteiger partial charge on any atom is -0.379 e. The standard InChI is InChI=1S/C24H33ClN4O2/c1-3-26-24(28-17-23(30-2)19-9-6-10-22(25)15-19)27-16-20-7-4-5-8-21(20)18-29-11-13-31-14-12-29/h4-10,15,23H,3,11-14,16-18H2,1-2H3,(H2,26,27,28). The molecule has 0 aliphatic carbocycles. The van der Waals surface area contributed by atoms with Gasteiger partial charge in [0.2, 0.25) is 0 Å². The van der Waals surface area contributed by atoms with Gasteiger partial charge < -0.3 is 20.1 Å². The van der Waals surface area contributed by atoms with Gasteiger partial charge in [-0.1, -0.05) is 48.0 Å². The monoisotopic (exact) mass is 444 g/mol. The van der Waals surface area contributed by atoms with E-state index in [0.29, 0.717) is 18.1 Å². The smallest absolute Gasteiger partial charge is 0.191 e. The van der Waals surface area contributed by atoms with Gasteiger partial charge in [-0.15, -0.1) is 0 Å². The molecule has 1 atom stereocenters. The van der Waals surface area contributed by atoms with E-state index < -0.39 is 0 Å². The molecule has 0 amide bonds. The predicted octanol–water partition coefficient (Wildman–Crippen LogP) is 3.62. The summed E-state index contributed by atoms with van der Waals surface area (Å²) in [5, 5.41) is 7.44. The van der Waals surface area contributed by atoms with Crippen LogP contribution in [0.25, 0.3) is 0 Å². The Bertz CT molecular complexity index is 840. The number of benzene rings is 2. The Morgan fingerprint density at radius 3 is 2.61 bits per heavy atom. The van der Waals surface area contributed by atoms with Crippen LogP contribution in [0, 0.1) is 0 Å². The highest BCUT2D eigenvalue weighted by Crippen LogP contribution is 2.20. The second-order valence-corrected chi connectivity index (χ2v) is 7.95. The predicted molar refractivity (Wildman–Crippen MR) is 127 cm³/mol. The highest BCUT2D eigenvalue weighted by Gasteiger charge is 2.14. The molecule has 2 aromatic rings. The molecule has 0 radical (unpaired) electrons. The summed E-state index contributed by atoms with van der Waals surface area (Å²) in [4.78, 5) is 7.26. The highest BCUT2D eigenvalue weighted by atomic mass is 35.5. The Morgan fingerprint density at radius 1 is 1.13 bits per heavy atom. The Labute approximate surface area is 190 Å². The Kier molecular flexibility index (Phi) is 9.62. The van der Waals surface area contributed by atoms with Gasteiger partial charge in [-0.05, 0) is 35.7 Å². The van der Waals surface area contributed by atoms with Crippen LogP contribution < -0.4 is 10.6 Å². The van der Waals surface area contributed by atoms with E-state index in [0.717, 1.165) is 50.9 Å². The molecule has 0 spiro atoms. The van der Waals surface area contributed by atoms with Crippen LogP contribution in [-0.2, 0) is 22.6 Å². The van der Waals surface area contributed by atoms with E-state index in [1.54, 1.807) is 7.11 Å². The van der Waals surface area contributed by atoms with Crippen LogP contribution in [0.2, 0.25) is 5.02 Å². The second kappa shape index (κ2) is 12.7. The van der Waals surface area contributed by atoms with Crippen LogP contribution in [0.5, 0.6) is 0 Å². The first-order valence-corrected chi connectivity index (χ1v) is 11.2. The summed E-state index contributed by atoms with van der Waals surface area (Å²) >= 11 is 6.14. The molecular weight excluding hydrogens is 412 g/mol. The minimum absolute atomic E-state index is 0.115. The molecule has 0 aromatic heterocycles. The maximum atomic E-state index is 6.14. The van der Waals surface area contributed by atoms with Gasteiger partial charge in [-0.25, -0.2) is 4.99 Å². The maximum Gasteiger partial charge on any atom is 0.191 e. The number of methoxy groups -OCH3 is 1. The minimum atomic E-state index is -0.115. The van der Waals surface area contributed by atoms with Gasteiger partial charge in [-0.2, -0.15) is 0 Å². The molecule has 6 nitrogen and oxygen atoms in total. The van der Waals surface area contributed by atoms with Crippen molar-refractivity contribution in [1.82, 2.24) is 15.5 Å². The number of hydrogen-bond donors (Lipinski definition) is 2. The van der Waals surface area contributed by atoms with Crippen LogP contribution >= 0.6 is 11.6 Å². The molecule has 1 fully saturated rings. The molecular formula is C24H33ClN4O2. The number of morpholine rings is 1. The zero-order chi connectivity index (χ0) is 21.9. The van der Waals surface area contributed by atoms with Crippen LogP contribution in [0.3, 0.4) is 0 Å². The third-order valence-corrected chi connectivity index (χ3v) is 5.56. The lowest BCUT2D eigenvalue weighted by atomic mass is 10.1. The summed E-state index contributed by atoms with van der Waals surface area (Å²) in [6, 6.07) is 16.3. The van der Waals surface area contributed by atoms with E-state index in [1.165, 1.54) is 11.1 Å². The van der Waals surface area contributed by atoms with Crippen LogP contribution in [0.4, 0.5) is 0 Å². The van der Waals surface area contributed by atoms with Crippen molar-refractivity contribution in [3.8, 4) is 0 Å². The highest BCUT2D eigenvalue weighted by molar-refractivity contribution is 6.30. The van der Waals surface area contributed by atoms with E-state index >= 15 is 0 Å². The number of rotatable bonds is 9. The molecule has 1 heterocycles. The lowest BCUT2D eigenvalue weighted by Crippen LogP contribution is -2.39. The van der Waals surface area contributed by atoms with Gasteiger partial charge in [0.15, 0.2) is 5.96 Å².